The first-order chi connectivity index (χ1) is 9.81. The van der Waals surface area contributed by atoms with Gasteiger partial charge in [-0.05, 0) is 31.4 Å². The summed E-state index contributed by atoms with van der Waals surface area (Å²) in [4.78, 5) is 4.16. The van der Waals surface area contributed by atoms with E-state index >= 15 is 0 Å². The SMILES string of the molecule is CN=C(NCc1ccccc1C)NC(C)CCS(C)(=O)=O.I. The number of sulfone groups is 1. The number of halogens is 1. The maximum atomic E-state index is 11.2. The van der Waals surface area contributed by atoms with E-state index in [1.807, 2.05) is 19.1 Å². The second kappa shape index (κ2) is 10.0. The molecular formula is C15H26IN3O2S. The van der Waals surface area contributed by atoms with Crippen LogP contribution in [0.15, 0.2) is 29.3 Å². The van der Waals surface area contributed by atoms with Crippen LogP contribution in [0.3, 0.4) is 0 Å². The molecular weight excluding hydrogens is 413 g/mol. The molecule has 0 heterocycles. The van der Waals surface area contributed by atoms with Gasteiger partial charge in [0.15, 0.2) is 5.96 Å². The third kappa shape index (κ3) is 8.57. The standard InChI is InChI=1S/C15H25N3O2S.HI/c1-12-7-5-6-8-14(12)11-17-15(16-3)18-13(2)9-10-21(4,19)20;/h5-8,13H,9-11H2,1-4H3,(H2,16,17,18);1H. The molecule has 0 aliphatic carbocycles. The van der Waals surface area contributed by atoms with Crippen LogP contribution in [0.5, 0.6) is 0 Å². The minimum atomic E-state index is -2.92. The number of nitrogens with zero attached hydrogens (tertiary/aromatic N) is 1. The number of nitrogens with one attached hydrogen (secondary N) is 2. The van der Waals surface area contributed by atoms with Gasteiger partial charge in [-0.3, -0.25) is 4.99 Å². The van der Waals surface area contributed by atoms with Crippen LogP contribution in [0.2, 0.25) is 0 Å². The molecule has 0 spiro atoms. The van der Waals surface area contributed by atoms with Crippen molar-refractivity contribution in [1.29, 1.82) is 0 Å². The minimum absolute atomic E-state index is 0. The number of aryl methyl sites for hydroxylation is 1. The van der Waals surface area contributed by atoms with Crippen LogP contribution in [0.4, 0.5) is 0 Å². The van der Waals surface area contributed by atoms with Gasteiger partial charge in [-0.1, -0.05) is 24.3 Å². The van der Waals surface area contributed by atoms with Crippen LogP contribution in [0.1, 0.15) is 24.5 Å². The molecule has 1 unspecified atom stereocenters. The fourth-order valence-corrected chi connectivity index (χ4v) is 2.66. The predicted molar refractivity (Wildman–Crippen MR) is 104 cm³/mol. The lowest BCUT2D eigenvalue weighted by atomic mass is 10.1. The Balaban J connectivity index is 0.00000441. The normalized spacial score (nSPS) is 13.2. The molecule has 0 fully saturated rings. The van der Waals surface area contributed by atoms with E-state index in [-0.39, 0.29) is 35.8 Å². The molecule has 1 rings (SSSR count). The van der Waals surface area contributed by atoms with Crippen molar-refractivity contribution in [3.63, 3.8) is 0 Å². The zero-order valence-corrected chi connectivity index (χ0v) is 16.7. The average Bonchev–Trinajstić information content (AvgIpc) is 2.42. The fraction of sp³-hybridized carbons (Fsp3) is 0.533. The van der Waals surface area contributed by atoms with E-state index in [2.05, 4.69) is 34.7 Å². The highest BCUT2D eigenvalue weighted by Gasteiger charge is 2.09. The van der Waals surface area contributed by atoms with Crippen molar-refractivity contribution in [3.05, 3.63) is 35.4 Å². The number of hydrogen-bond acceptors (Lipinski definition) is 3. The minimum Gasteiger partial charge on any atom is -0.354 e. The number of aliphatic imine (C=N–C) groups is 1. The topological polar surface area (TPSA) is 70.6 Å². The van der Waals surface area contributed by atoms with Crippen molar-refractivity contribution in [2.45, 2.75) is 32.9 Å². The van der Waals surface area contributed by atoms with E-state index in [0.717, 1.165) is 0 Å². The van der Waals surface area contributed by atoms with Crippen molar-refractivity contribution in [2.24, 2.45) is 4.99 Å². The predicted octanol–water partition coefficient (Wildman–Crippen LogP) is 2.10. The summed E-state index contributed by atoms with van der Waals surface area (Å²) >= 11 is 0. The summed E-state index contributed by atoms with van der Waals surface area (Å²) in [6, 6.07) is 8.21. The first kappa shape index (κ1) is 21.2. The van der Waals surface area contributed by atoms with Gasteiger partial charge >= 0.3 is 0 Å². The van der Waals surface area contributed by atoms with Gasteiger partial charge in [0.2, 0.25) is 0 Å². The van der Waals surface area contributed by atoms with Crippen LogP contribution >= 0.6 is 24.0 Å². The molecule has 126 valence electrons. The van der Waals surface area contributed by atoms with Gasteiger partial charge in [-0.2, -0.15) is 0 Å². The van der Waals surface area contributed by atoms with E-state index in [1.165, 1.54) is 17.4 Å². The van der Waals surface area contributed by atoms with Crippen LogP contribution in [0, 0.1) is 6.92 Å². The summed E-state index contributed by atoms with van der Waals surface area (Å²) in [5, 5.41) is 6.45. The molecule has 2 N–H and O–H groups in total. The number of guanidine groups is 1. The molecule has 5 nitrogen and oxygen atoms in total. The Hall–Kier alpha value is -0.830. The van der Waals surface area contributed by atoms with E-state index < -0.39 is 9.84 Å². The monoisotopic (exact) mass is 439 g/mol. The van der Waals surface area contributed by atoms with Gasteiger partial charge in [0.05, 0.1) is 5.75 Å². The lowest BCUT2D eigenvalue weighted by Gasteiger charge is -2.18. The Bertz CT molecular complexity index is 588. The molecule has 0 aliphatic heterocycles. The number of benzene rings is 1. The van der Waals surface area contributed by atoms with Gasteiger partial charge in [0.1, 0.15) is 9.84 Å². The summed E-state index contributed by atoms with van der Waals surface area (Å²) in [7, 11) is -1.22. The molecule has 0 aromatic heterocycles. The Morgan fingerprint density at radius 3 is 2.50 bits per heavy atom. The molecule has 0 saturated carbocycles. The Morgan fingerprint density at radius 1 is 1.32 bits per heavy atom. The zero-order chi connectivity index (χ0) is 15.9. The van der Waals surface area contributed by atoms with Gasteiger partial charge in [-0.15, -0.1) is 24.0 Å². The van der Waals surface area contributed by atoms with Gasteiger partial charge < -0.3 is 10.6 Å². The molecule has 0 radical (unpaired) electrons. The molecule has 7 heteroatoms. The van der Waals surface area contributed by atoms with E-state index in [9.17, 15) is 8.42 Å². The summed E-state index contributed by atoms with van der Waals surface area (Å²) in [6.07, 6.45) is 1.81. The molecule has 1 atom stereocenters. The molecule has 0 amide bonds. The summed E-state index contributed by atoms with van der Waals surface area (Å²) in [5.74, 6) is 0.856. The lowest BCUT2D eigenvalue weighted by molar-refractivity contribution is 0.581. The van der Waals surface area contributed by atoms with Crippen LogP contribution < -0.4 is 10.6 Å². The van der Waals surface area contributed by atoms with Gasteiger partial charge in [0, 0.05) is 25.9 Å². The van der Waals surface area contributed by atoms with E-state index in [4.69, 9.17) is 0 Å². The molecule has 22 heavy (non-hydrogen) atoms. The molecule has 1 aromatic carbocycles. The Labute approximate surface area is 150 Å². The third-order valence-corrected chi connectivity index (χ3v) is 4.21. The first-order valence-corrected chi connectivity index (χ1v) is 9.07. The van der Waals surface area contributed by atoms with Crippen molar-refractivity contribution < 1.29 is 8.42 Å². The highest BCUT2D eigenvalue weighted by atomic mass is 127. The molecule has 1 aromatic rings. The van der Waals surface area contributed by atoms with Gasteiger partial charge in [-0.25, -0.2) is 8.42 Å². The van der Waals surface area contributed by atoms with Crippen molar-refractivity contribution in [1.82, 2.24) is 10.6 Å². The van der Waals surface area contributed by atoms with Crippen LogP contribution in [-0.2, 0) is 16.4 Å². The molecule has 0 saturated heterocycles. The highest BCUT2D eigenvalue weighted by molar-refractivity contribution is 14.0. The van der Waals surface area contributed by atoms with Crippen LogP contribution in [0.25, 0.3) is 0 Å². The second-order valence-corrected chi connectivity index (χ2v) is 7.58. The Morgan fingerprint density at radius 2 is 1.95 bits per heavy atom. The average molecular weight is 439 g/mol. The summed E-state index contributed by atoms with van der Waals surface area (Å²) < 4.78 is 22.3. The number of rotatable bonds is 6. The van der Waals surface area contributed by atoms with Crippen LogP contribution in [-0.4, -0.2) is 39.5 Å². The highest BCUT2D eigenvalue weighted by Crippen LogP contribution is 2.06. The second-order valence-electron chi connectivity index (χ2n) is 5.32. The zero-order valence-electron chi connectivity index (χ0n) is 13.6. The summed E-state index contributed by atoms with van der Waals surface area (Å²) in [6.45, 7) is 4.71. The quantitative estimate of drug-likeness (QED) is 0.405. The fourth-order valence-electron chi connectivity index (χ4n) is 1.88. The smallest absolute Gasteiger partial charge is 0.191 e. The lowest BCUT2D eigenvalue weighted by Crippen LogP contribution is -2.42. The largest absolute Gasteiger partial charge is 0.354 e. The Kier molecular flexibility index (Phi) is 9.66. The first-order valence-electron chi connectivity index (χ1n) is 7.01. The van der Waals surface area contributed by atoms with E-state index in [1.54, 1.807) is 7.05 Å². The summed E-state index contributed by atoms with van der Waals surface area (Å²) in [5.41, 5.74) is 2.44. The van der Waals surface area contributed by atoms with E-state index in [0.29, 0.717) is 18.9 Å². The molecule has 0 bridgehead atoms. The maximum Gasteiger partial charge on any atom is 0.191 e. The van der Waals surface area contributed by atoms with Crippen molar-refractivity contribution in [2.75, 3.05) is 19.1 Å². The molecule has 0 aliphatic rings. The maximum absolute atomic E-state index is 11.2. The third-order valence-electron chi connectivity index (χ3n) is 3.24. The number of hydrogen-bond donors (Lipinski definition) is 2. The van der Waals surface area contributed by atoms with Crippen molar-refractivity contribution >= 4 is 39.8 Å². The van der Waals surface area contributed by atoms with Gasteiger partial charge in [0.25, 0.3) is 0 Å². The van der Waals surface area contributed by atoms with Crippen molar-refractivity contribution in [3.8, 4) is 0 Å².